The zero-order chi connectivity index (χ0) is 15.9. The van der Waals surface area contributed by atoms with Crippen LogP contribution in [0.3, 0.4) is 0 Å². The Morgan fingerprint density at radius 3 is 3.04 bits per heavy atom. The average molecular weight is 314 g/mol. The van der Waals surface area contributed by atoms with Crippen molar-refractivity contribution in [1.82, 2.24) is 9.97 Å². The fourth-order valence-corrected chi connectivity index (χ4v) is 2.51. The molecule has 1 unspecified atom stereocenters. The van der Waals surface area contributed by atoms with Gasteiger partial charge in [0.05, 0.1) is 18.4 Å². The Bertz CT molecular complexity index is 629. The lowest BCUT2D eigenvalue weighted by Gasteiger charge is -2.13. The number of hydrogen-bond acceptors (Lipinski definition) is 6. The van der Waals surface area contributed by atoms with Crippen molar-refractivity contribution in [1.29, 1.82) is 0 Å². The van der Waals surface area contributed by atoms with E-state index in [-0.39, 0.29) is 6.10 Å². The lowest BCUT2D eigenvalue weighted by atomic mass is 10.2. The number of nitrogens with zero attached hydrogens (tertiary/aromatic N) is 2. The van der Waals surface area contributed by atoms with Crippen molar-refractivity contribution in [2.75, 3.05) is 30.4 Å². The van der Waals surface area contributed by atoms with E-state index in [1.54, 1.807) is 6.20 Å². The Morgan fingerprint density at radius 2 is 2.22 bits per heavy atom. The minimum absolute atomic E-state index is 0.278. The van der Waals surface area contributed by atoms with Crippen molar-refractivity contribution in [3.8, 4) is 5.75 Å². The van der Waals surface area contributed by atoms with Crippen LogP contribution in [0.4, 0.5) is 17.5 Å². The van der Waals surface area contributed by atoms with Gasteiger partial charge in [0.1, 0.15) is 11.6 Å². The van der Waals surface area contributed by atoms with Gasteiger partial charge in [-0.15, -0.1) is 0 Å². The fourth-order valence-electron chi connectivity index (χ4n) is 2.51. The number of nitrogens with one attached hydrogen (secondary N) is 2. The normalized spacial score (nSPS) is 17.0. The van der Waals surface area contributed by atoms with Gasteiger partial charge in [-0.05, 0) is 38.0 Å². The average Bonchev–Trinajstić information content (AvgIpc) is 3.09. The van der Waals surface area contributed by atoms with Gasteiger partial charge in [0, 0.05) is 19.3 Å². The summed E-state index contributed by atoms with van der Waals surface area (Å²) in [6.45, 7) is 4.20. The van der Waals surface area contributed by atoms with Crippen molar-refractivity contribution in [2.24, 2.45) is 0 Å². The highest BCUT2D eigenvalue weighted by Crippen LogP contribution is 2.26. The van der Waals surface area contributed by atoms with Gasteiger partial charge >= 0.3 is 0 Å². The van der Waals surface area contributed by atoms with Gasteiger partial charge in [-0.2, -0.15) is 4.98 Å². The molecule has 0 saturated carbocycles. The Balaban J connectivity index is 1.65. The van der Waals surface area contributed by atoms with Crippen LogP contribution in [0.1, 0.15) is 19.8 Å². The Labute approximate surface area is 136 Å². The molecule has 1 aromatic heterocycles. The van der Waals surface area contributed by atoms with E-state index in [1.807, 2.05) is 37.3 Å². The molecule has 1 aliphatic rings. The van der Waals surface area contributed by atoms with Crippen LogP contribution in [0.15, 0.2) is 36.5 Å². The molecule has 1 atom stereocenters. The van der Waals surface area contributed by atoms with Crippen LogP contribution in [-0.4, -0.2) is 35.8 Å². The number of aromatic nitrogens is 2. The second-order valence-corrected chi connectivity index (χ2v) is 5.34. The topological polar surface area (TPSA) is 68.3 Å². The van der Waals surface area contributed by atoms with Gasteiger partial charge in [0.2, 0.25) is 5.95 Å². The highest BCUT2D eigenvalue weighted by Gasteiger charge is 2.15. The number of hydrogen-bond donors (Lipinski definition) is 2. The first-order valence-electron chi connectivity index (χ1n) is 8.02. The highest BCUT2D eigenvalue weighted by molar-refractivity contribution is 5.62. The Hall–Kier alpha value is -2.34. The van der Waals surface area contributed by atoms with E-state index >= 15 is 0 Å². The van der Waals surface area contributed by atoms with Gasteiger partial charge in [-0.25, -0.2) is 4.98 Å². The number of ether oxygens (including phenoxy) is 2. The van der Waals surface area contributed by atoms with Crippen molar-refractivity contribution in [2.45, 2.75) is 25.9 Å². The van der Waals surface area contributed by atoms with Crippen molar-refractivity contribution in [3.05, 3.63) is 36.5 Å². The Morgan fingerprint density at radius 1 is 1.30 bits per heavy atom. The van der Waals surface area contributed by atoms with Crippen LogP contribution in [-0.2, 0) is 4.74 Å². The maximum atomic E-state index is 5.61. The van der Waals surface area contributed by atoms with E-state index in [2.05, 4.69) is 20.6 Å². The molecule has 0 aliphatic carbocycles. The Kier molecular flexibility index (Phi) is 5.26. The summed E-state index contributed by atoms with van der Waals surface area (Å²) in [6.07, 6.45) is 4.25. The van der Waals surface area contributed by atoms with E-state index in [4.69, 9.17) is 9.47 Å². The van der Waals surface area contributed by atoms with Gasteiger partial charge in [-0.1, -0.05) is 12.1 Å². The summed E-state index contributed by atoms with van der Waals surface area (Å²) in [6, 6.07) is 9.61. The standard InChI is InChI=1S/C17H22N4O2/c1-2-22-15-8-4-3-7-14(15)20-17-18-10-9-16(21-17)19-12-13-6-5-11-23-13/h3-4,7-10,13H,2,5-6,11-12H2,1H3,(H2,18,19,20,21). The fraction of sp³-hybridized carbons (Fsp3) is 0.412. The number of benzene rings is 1. The molecule has 0 amide bonds. The van der Waals surface area contributed by atoms with E-state index in [0.717, 1.165) is 43.2 Å². The zero-order valence-electron chi connectivity index (χ0n) is 13.3. The third-order valence-electron chi connectivity index (χ3n) is 3.62. The van der Waals surface area contributed by atoms with Gasteiger partial charge in [0.15, 0.2) is 0 Å². The maximum absolute atomic E-state index is 5.61. The largest absolute Gasteiger partial charge is 0.492 e. The summed E-state index contributed by atoms with van der Waals surface area (Å²) in [5.41, 5.74) is 0.852. The van der Waals surface area contributed by atoms with Crippen LogP contribution in [0.2, 0.25) is 0 Å². The van der Waals surface area contributed by atoms with Crippen LogP contribution in [0.25, 0.3) is 0 Å². The van der Waals surface area contributed by atoms with Crippen molar-refractivity contribution in [3.63, 3.8) is 0 Å². The molecule has 3 rings (SSSR count). The summed E-state index contributed by atoms with van der Waals surface area (Å²) >= 11 is 0. The smallest absolute Gasteiger partial charge is 0.229 e. The predicted molar refractivity (Wildman–Crippen MR) is 90.4 cm³/mol. The molecular weight excluding hydrogens is 292 g/mol. The van der Waals surface area contributed by atoms with Crippen LogP contribution >= 0.6 is 0 Å². The molecule has 0 radical (unpaired) electrons. The zero-order valence-corrected chi connectivity index (χ0v) is 13.3. The molecular formula is C17H22N4O2. The molecule has 1 aliphatic heterocycles. The SMILES string of the molecule is CCOc1ccccc1Nc1nccc(NCC2CCCO2)n1. The van der Waals surface area contributed by atoms with E-state index in [9.17, 15) is 0 Å². The second-order valence-electron chi connectivity index (χ2n) is 5.34. The highest BCUT2D eigenvalue weighted by atomic mass is 16.5. The summed E-state index contributed by atoms with van der Waals surface area (Å²) in [7, 11) is 0. The molecule has 23 heavy (non-hydrogen) atoms. The third-order valence-corrected chi connectivity index (χ3v) is 3.62. The summed E-state index contributed by atoms with van der Waals surface area (Å²) in [5.74, 6) is 2.11. The number of rotatable bonds is 7. The molecule has 0 bridgehead atoms. The summed E-state index contributed by atoms with van der Waals surface area (Å²) in [4.78, 5) is 8.75. The lowest BCUT2D eigenvalue weighted by Crippen LogP contribution is -2.19. The minimum Gasteiger partial charge on any atom is -0.492 e. The van der Waals surface area contributed by atoms with Gasteiger partial charge < -0.3 is 20.1 Å². The summed E-state index contributed by atoms with van der Waals surface area (Å²) in [5, 5.41) is 6.51. The number of anilines is 3. The molecule has 1 aromatic carbocycles. The van der Waals surface area contributed by atoms with Crippen LogP contribution in [0.5, 0.6) is 5.75 Å². The lowest BCUT2D eigenvalue weighted by molar-refractivity contribution is 0.120. The molecule has 2 N–H and O–H groups in total. The second kappa shape index (κ2) is 7.78. The molecule has 2 heterocycles. The quantitative estimate of drug-likeness (QED) is 0.818. The monoisotopic (exact) mass is 314 g/mol. The first-order valence-corrected chi connectivity index (χ1v) is 8.02. The first-order chi connectivity index (χ1) is 11.3. The molecule has 6 heteroatoms. The van der Waals surface area contributed by atoms with Gasteiger partial charge in [0.25, 0.3) is 0 Å². The predicted octanol–water partition coefficient (Wildman–Crippen LogP) is 3.21. The van der Waals surface area contributed by atoms with E-state index < -0.39 is 0 Å². The third kappa shape index (κ3) is 4.32. The van der Waals surface area contributed by atoms with Crippen LogP contribution < -0.4 is 15.4 Å². The van der Waals surface area contributed by atoms with E-state index in [1.165, 1.54) is 0 Å². The molecule has 6 nitrogen and oxygen atoms in total. The maximum Gasteiger partial charge on any atom is 0.229 e. The van der Waals surface area contributed by atoms with Crippen molar-refractivity contribution < 1.29 is 9.47 Å². The molecule has 2 aromatic rings. The van der Waals surface area contributed by atoms with Crippen LogP contribution in [0, 0.1) is 0 Å². The molecule has 1 fully saturated rings. The molecule has 0 spiro atoms. The first kappa shape index (κ1) is 15.6. The molecule has 122 valence electrons. The minimum atomic E-state index is 0.278. The molecule has 1 saturated heterocycles. The van der Waals surface area contributed by atoms with E-state index in [0.29, 0.717) is 12.6 Å². The summed E-state index contributed by atoms with van der Waals surface area (Å²) < 4.78 is 11.2. The number of para-hydroxylation sites is 2. The van der Waals surface area contributed by atoms with Crippen molar-refractivity contribution >= 4 is 17.5 Å². The van der Waals surface area contributed by atoms with Gasteiger partial charge in [-0.3, -0.25) is 0 Å².